The Morgan fingerprint density at radius 1 is 1.14 bits per heavy atom. The molecule has 0 spiro atoms. The maximum Gasteiger partial charge on any atom is 0.406 e. The van der Waals surface area contributed by atoms with Crippen molar-refractivity contribution in [3.05, 3.63) is 76.5 Å². The lowest BCUT2D eigenvalue weighted by molar-refractivity contribution is -0.140. The summed E-state index contributed by atoms with van der Waals surface area (Å²) in [4.78, 5) is 24.9. The summed E-state index contributed by atoms with van der Waals surface area (Å²) in [5, 5.41) is 7.32. The summed E-state index contributed by atoms with van der Waals surface area (Å²) in [6.07, 6.45) is 0.834. The van der Waals surface area contributed by atoms with Crippen LogP contribution < -0.4 is 16.2 Å². The highest BCUT2D eigenvalue weighted by Gasteiger charge is 2.28. The molecule has 0 bridgehead atoms. The predicted molar refractivity (Wildman–Crippen MR) is 159 cm³/mol. The van der Waals surface area contributed by atoms with E-state index in [9.17, 15) is 18.0 Å². The topological polar surface area (TPSA) is 80.0 Å². The molecular weight excluding hydrogens is 543 g/mol. The molecule has 0 amide bonds. The zero-order valence-corrected chi connectivity index (χ0v) is 23.9. The van der Waals surface area contributed by atoms with E-state index in [0.29, 0.717) is 22.8 Å². The van der Waals surface area contributed by atoms with Gasteiger partial charge in [-0.1, -0.05) is 25.7 Å². The fraction of sp³-hybridized carbons (Fsp3) is 0.387. The Morgan fingerprint density at radius 3 is 2.62 bits per heavy atom. The molecule has 1 fully saturated rings. The Balaban J connectivity index is 1.45. The number of nitrogens with zero attached hydrogens (tertiary/aromatic N) is 5. The van der Waals surface area contributed by atoms with Crippen LogP contribution in [-0.4, -0.2) is 56.4 Å². The van der Waals surface area contributed by atoms with Gasteiger partial charge in [0, 0.05) is 53.4 Å². The first-order chi connectivity index (χ1) is 20.0. The van der Waals surface area contributed by atoms with Crippen molar-refractivity contribution in [3.8, 4) is 11.8 Å². The third kappa shape index (κ3) is 7.31. The van der Waals surface area contributed by atoms with Crippen molar-refractivity contribution in [1.82, 2.24) is 24.0 Å². The zero-order valence-electron chi connectivity index (χ0n) is 23.9. The van der Waals surface area contributed by atoms with Crippen LogP contribution in [0.15, 0.2) is 59.7 Å². The summed E-state index contributed by atoms with van der Waals surface area (Å²) in [6, 6.07) is 12.9. The van der Waals surface area contributed by atoms with Crippen molar-refractivity contribution >= 4 is 28.4 Å². The van der Waals surface area contributed by atoms with Crippen molar-refractivity contribution in [2.24, 2.45) is 5.92 Å². The minimum absolute atomic E-state index is 0.0333. The van der Waals surface area contributed by atoms with Gasteiger partial charge in [-0.3, -0.25) is 9.36 Å². The van der Waals surface area contributed by atoms with E-state index in [0.717, 1.165) is 41.9 Å². The smallest absolute Gasteiger partial charge is 0.381 e. The number of aromatic nitrogens is 4. The number of fused-ring (bicyclic) bond motifs is 1. The molecule has 4 aromatic rings. The number of benzene rings is 1. The molecule has 1 aliphatic rings. The Morgan fingerprint density at radius 2 is 1.90 bits per heavy atom. The summed E-state index contributed by atoms with van der Waals surface area (Å²) in [7, 11) is 2.13. The third-order valence-corrected chi connectivity index (χ3v) is 7.05. The summed E-state index contributed by atoms with van der Waals surface area (Å²) >= 11 is 0. The van der Waals surface area contributed by atoms with Crippen molar-refractivity contribution in [2.75, 3.05) is 30.8 Å². The van der Waals surface area contributed by atoms with Crippen LogP contribution in [0.1, 0.15) is 37.9 Å². The molecule has 4 heterocycles. The summed E-state index contributed by atoms with van der Waals surface area (Å²) in [6.45, 7) is 4.68. The summed E-state index contributed by atoms with van der Waals surface area (Å²) < 4.78 is 42.0. The maximum atomic E-state index is 13.5. The third-order valence-electron chi connectivity index (χ3n) is 7.05. The normalized spacial score (nSPS) is 15.9. The Labute approximate surface area is 242 Å². The number of hydrogen-bond acceptors (Lipinski definition) is 6. The van der Waals surface area contributed by atoms with Gasteiger partial charge in [-0.15, -0.1) is 0 Å². The van der Waals surface area contributed by atoms with Gasteiger partial charge in [0.15, 0.2) is 0 Å². The molecular formula is C31H34F3N7O. The largest absolute Gasteiger partial charge is 0.406 e. The fourth-order valence-electron chi connectivity index (χ4n) is 5.08. The Hall–Kier alpha value is -4.30. The van der Waals surface area contributed by atoms with Gasteiger partial charge >= 0.3 is 6.18 Å². The van der Waals surface area contributed by atoms with Gasteiger partial charge in [0.05, 0.1) is 12.1 Å². The number of hydrogen-bond donors (Lipinski definition) is 2. The van der Waals surface area contributed by atoms with Crippen LogP contribution in [-0.2, 0) is 13.1 Å². The number of likely N-dealkylation sites (N-methyl/N-ethyl adjacent to an activating group) is 1. The lowest BCUT2D eigenvalue weighted by Gasteiger charge is -2.30. The van der Waals surface area contributed by atoms with Crippen molar-refractivity contribution in [3.63, 3.8) is 0 Å². The van der Waals surface area contributed by atoms with Crippen molar-refractivity contribution < 1.29 is 13.2 Å². The number of anilines is 3. The summed E-state index contributed by atoms with van der Waals surface area (Å²) in [5.74, 6) is 6.21. The monoisotopic (exact) mass is 577 g/mol. The highest BCUT2D eigenvalue weighted by molar-refractivity contribution is 5.77. The van der Waals surface area contributed by atoms with Crippen molar-refractivity contribution in [2.45, 2.75) is 52.0 Å². The molecule has 0 aliphatic carbocycles. The second-order valence-corrected chi connectivity index (χ2v) is 11.0. The van der Waals surface area contributed by atoms with Gasteiger partial charge < -0.3 is 20.1 Å². The molecule has 1 unspecified atom stereocenters. The number of rotatable bonds is 7. The average Bonchev–Trinajstić information content (AvgIpc) is 3.35. The number of piperidine rings is 1. The molecule has 0 radical (unpaired) electrons. The fourth-order valence-corrected chi connectivity index (χ4v) is 5.08. The molecule has 1 atom stereocenters. The first kappa shape index (κ1) is 29.2. The lowest BCUT2D eigenvalue weighted by atomic mass is 10.1. The predicted octanol–water partition coefficient (Wildman–Crippen LogP) is 5.46. The van der Waals surface area contributed by atoms with E-state index < -0.39 is 18.3 Å². The van der Waals surface area contributed by atoms with E-state index >= 15 is 0 Å². The first-order valence-corrected chi connectivity index (χ1v) is 14.0. The van der Waals surface area contributed by atoms with E-state index in [2.05, 4.69) is 44.4 Å². The molecule has 1 aromatic carbocycles. The molecule has 1 saturated heterocycles. The van der Waals surface area contributed by atoms with E-state index in [1.165, 1.54) is 16.8 Å². The summed E-state index contributed by atoms with van der Waals surface area (Å²) in [5.41, 5.74) is 2.21. The van der Waals surface area contributed by atoms with E-state index in [1.54, 1.807) is 18.3 Å². The zero-order chi connectivity index (χ0) is 29.9. The van der Waals surface area contributed by atoms with Crippen LogP contribution >= 0.6 is 0 Å². The molecule has 1 aliphatic heterocycles. The molecule has 5 rings (SSSR count). The van der Waals surface area contributed by atoms with Crippen LogP contribution in [0, 0.1) is 17.8 Å². The molecule has 3 aromatic heterocycles. The molecule has 2 N–H and O–H groups in total. The molecule has 11 heteroatoms. The minimum atomic E-state index is -4.40. The van der Waals surface area contributed by atoms with Crippen molar-refractivity contribution in [1.29, 1.82) is 0 Å². The van der Waals surface area contributed by atoms with Gasteiger partial charge in [0.25, 0.3) is 5.56 Å². The number of pyridine rings is 1. The van der Waals surface area contributed by atoms with E-state index in [4.69, 9.17) is 0 Å². The highest BCUT2D eigenvalue weighted by atomic mass is 19.4. The van der Waals surface area contributed by atoms with Gasteiger partial charge in [-0.25, -0.2) is 4.98 Å². The average molecular weight is 578 g/mol. The van der Waals surface area contributed by atoms with Crippen LogP contribution in [0.2, 0.25) is 0 Å². The minimum Gasteiger partial charge on any atom is -0.381 e. The lowest BCUT2D eigenvalue weighted by Crippen LogP contribution is -2.39. The van der Waals surface area contributed by atoms with Gasteiger partial charge in [0.1, 0.15) is 12.2 Å². The number of nitrogens with one attached hydrogen (secondary N) is 2. The Bertz CT molecular complexity index is 1660. The van der Waals surface area contributed by atoms with Crippen LogP contribution in [0.5, 0.6) is 0 Å². The quantitative estimate of drug-likeness (QED) is 0.284. The highest BCUT2D eigenvalue weighted by Crippen LogP contribution is 2.23. The number of alkyl halides is 3. The standard InChI is InChI=1S/C31H34F3N7O/c1-21(2)8-9-22-16-23-17-35-30(37-25-12-10-24(11-13-25)36-26-6-4-14-39(3)18-26)38-28(23)41(29(22)42)19-27-7-5-15-40(27)20-31(32,33)34/h5,7,10-13,15-17,21,26,36H,4,6,14,18-20H2,1-3H3,(H,35,37,38). The van der Waals surface area contributed by atoms with Crippen LogP contribution in [0.4, 0.5) is 30.5 Å². The number of likely N-dealkylation sites (tertiary alicyclic amines) is 1. The molecule has 42 heavy (non-hydrogen) atoms. The maximum absolute atomic E-state index is 13.5. The first-order valence-electron chi connectivity index (χ1n) is 14.0. The molecule has 220 valence electrons. The molecule has 0 saturated carbocycles. The Kier molecular flexibility index (Phi) is 8.54. The van der Waals surface area contributed by atoms with Gasteiger partial charge in [-0.05, 0) is 68.9 Å². The second kappa shape index (κ2) is 12.3. The van der Waals surface area contributed by atoms with Crippen LogP contribution in [0.3, 0.4) is 0 Å². The van der Waals surface area contributed by atoms with Gasteiger partial charge in [0.2, 0.25) is 5.95 Å². The molecule has 8 nitrogen and oxygen atoms in total. The SMILES string of the molecule is CC(C)C#Cc1cc2cnc(Nc3ccc(NC4CCCN(C)C4)cc3)nc2n(Cc2cccn2CC(F)(F)F)c1=O. The van der Waals surface area contributed by atoms with E-state index in [1.807, 2.05) is 38.1 Å². The second-order valence-electron chi connectivity index (χ2n) is 11.0. The van der Waals surface area contributed by atoms with E-state index in [-0.39, 0.29) is 24.0 Å². The number of halogens is 3. The van der Waals surface area contributed by atoms with Gasteiger partial charge in [-0.2, -0.15) is 18.2 Å². The van der Waals surface area contributed by atoms with Crippen LogP contribution in [0.25, 0.3) is 11.0 Å².